The molecule has 0 saturated heterocycles. The molecule has 0 aliphatic heterocycles. The van der Waals surface area contributed by atoms with Crippen molar-refractivity contribution in [3.8, 4) is 6.07 Å². The fourth-order valence-corrected chi connectivity index (χ4v) is 2.88. The maximum Gasteiger partial charge on any atom is 0.245 e. The standard InChI is InChI=1S/C16H13F2N3O3S/c1-25(23,24)21(13-4-2-3-11(7-13)9-19)10-16(22)20-12-5-6-14(17)15(18)8-12/h2-8H,10H2,1H3,(H,20,22). The van der Waals surface area contributed by atoms with Gasteiger partial charge in [-0.2, -0.15) is 5.26 Å². The lowest BCUT2D eigenvalue weighted by molar-refractivity contribution is -0.114. The molecular formula is C16H13F2N3O3S. The summed E-state index contributed by atoms with van der Waals surface area (Å²) in [6.07, 6.45) is 0.914. The van der Waals surface area contributed by atoms with E-state index in [1.165, 1.54) is 24.3 Å². The van der Waals surface area contributed by atoms with Gasteiger partial charge in [0.1, 0.15) is 6.54 Å². The van der Waals surface area contributed by atoms with Crippen molar-refractivity contribution in [2.45, 2.75) is 0 Å². The van der Waals surface area contributed by atoms with Crippen molar-refractivity contribution in [1.29, 1.82) is 5.26 Å². The summed E-state index contributed by atoms with van der Waals surface area (Å²) in [5.41, 5.74) is 0.359. The van der Waals surface area contributed by atoms with Gasteiger partial charge in [0, 0.05) is 11.8 Å². The molecule has 2 aromatic rings. The van der Waals surface area contributed by atoms with E-state index in [0.29, 0.717) is 0 Å². The summed E-state index contributed by atoms with van der Waals surface area (Å²) >= 11 is 0. The lowest BCUT2D eigenvalue weighted by Crippen LogP contribution is -2.37. The second kappa shape index (κ2) is 7.27. The van der Waals surface area contributed by atoms with Crippen LogP contribution in [0.4, 0.5) is 20.2 Å². The molecule has 0 aromatic heterocycles. The van der Waals surface area contributed by atoms with Crippen molar-refractivity contribution >= 4 is 27.3 Å². The zero-order valence-corrected chi connectivity index (χ0v) is 13.8. The quantitative estimate of drug-likeness (QED) is 0.880. The van der Waals surface area contributed by atoms with E-state index in [1.54, 1.807) is 0 Å². The van der Waals surface area contributed by atoms with Crippen LogP contribution >= 0.6 is 0 Å². The van der Waals surface area contributed by atoms with Crippen LogP contribution in [0, 0.1) is 23.0 Å². The second-order valence-electron chi connectivity index (χ2n) is 5.11. The summed E-state index contributed by atoms with van der Waals surface area (Å²) in [5.74, 6) is -2.96. The molecule has 0 bridgehead atoms. The Bertz CT molecular complexity index is 955. The third-order valence-corrected chi connectivity index (χ3v) is 4.29. The molecule has 1 N–H and O–H groups in total. The van der Waals surface area contributed by atoms with Crippen molar-refractivity contribution in [2.75, 3.05) is 22.4 Å². The molecule has 0 spiro atoms. The number of anilines is 2. The highest BCUT2D eigenvalue weighted by molar-refractivity contribution is 7.92. The topological polar surface area (TPSA) is 90.3 Å². The number of nitrogens with zero attached hydrogens (tertiary/aromatic N) is 2. The molecule has 9 heteroatoms. The Kier molecular flexibility index (Phi) is 5.34. The Morgan fingerprint density at radius 3 is 2.52 bits per heavy atom. The molecule has 6 nitrogen and oxygen atoms in total. The molecule has 2 aromatic carbocycles. The Morgan fingerprint density at radius 1 is 1.20 bits per heavy atom. The Morgan fingerprint density at radius 2 is 1.92 bits per heavy atom. The van der Waals surface area contributed by atoms with Gasteiger partial charge >= 0.3 is 0 Å². The fraction of sp³-hybridized carbons (Fsp3) is 0.125. The van der Waals surface area contributed by atoms with E-state index in [9.17, 15) is 22.0 Å². The van der Waals surface area contributed by atoms with Gasteiger partial charge in [0.2, 0.25) is 15.9 Å². The molecule has 25 heavy (non-hydrogen) atoms. The van der Waals surface area contributed by atoms with Crippen LogP contribution in [0.3, 0.4) is 0 Å². The lowest BCUT2D eigenvalue weighted by atomic mass is 10.2. The lowest BCUT2D eigenvalue weighted by Gasteiger charge is -2.22. The predicted molar refractivity (Wildman–Crippen MR) is 88.3 cm³/mol. The van der Waals surface area contributed by atoms with Gasteiger partial charge < -0.3 is 5.32 Å². The molecular weight excluding hydrogens is 352 g/mol. The summed E-state index contributed by atoms with van der Waals surface area (Å²) in [6.45, 7) is -0.591. The Labute approximate surface area is 143 Å². The minimum atomic E-state index is -3.82. The summed E-state index contributed by atoms with van der Waals surface area (Å²) in [5, 5.41) is 11.2. The highest BCUT2D eigenvalue weighted by Gasteiger charge is 2.21. The molecule has 1 amide bonds. The number of carbonyl (C=O) groups is 1. The second-order valence-corrected chi connectivity index (χ2v) is 7.02. The molecule has 0 aliphatic rings. The summed E-state index contributed by atoms with van der Waals surface area (Å²) in [4.78, 5) is 12.1. The van der Waals surface area contributed by atoms with Gasteiger partial charge in [-0.15, -0.1) is 0 Å². The zero-order valence-electron chi connectivity index (χ0n) is 13.0. The first-order chi connectivity index (χ1) is 11.7. The first kappa shape index (κ1) is 18.4. The van der Waals surface area contributed by atoms with Crippen LogP contribution in [0.25, 0.3) is 0 Å². The highest BCUT2D eigenvalue weighted by Crippen LogP contribution is 2.19. The Balaban J connectivity index is 2.23. The minimum Gasteiger partial charge on any atom is -0.324 e. The Hall–Kier alpha value is -2.99. The smallest absolute Gasteiger partial charge is 0.245 e. The van der Waals surface area contributed by atoms with Crippen LogP contribution < -0.4 is 9.62 Å². The molecule has 0 radical (unpaired) electrons. The van der Waals surface area contributed by atoms with Gasteiger partial charge in [0.25, 0.3) is 0 Å². The van der Waals surface area contributed by atoms with Crippen molar-refractivity contribution < 1.29 is 22.0 Å². The van der Waals surface area contributed by atoms with Gasteiger partial charge in [0.15, 0.2) is 11.6 Å². The highest BCUT2D eigenvalue weighted by atomic mass is 32.2. The van der Waals surface area contributed by atoms with Crippen molar-refractivity contribution in [3.63, 3.8) is 0 Å². The number of amides is 1. The summed E-state index contributed by atoms with van der Waals surface area (Å²) < 4.78 is 50.8. The van der Waals surface area contributed by atoms with Gasteiger partial charge in [-0.25, -0.2) is 17.2 Å². The van der Waals surface area contributed by atoms with Crippen LogP contribution in [-0.4, -0.2) is 27.1 Å². The minimum absolute atomic E-state index is 0.0110. The molecule has 0 atom stereocenters. The molecule has 2 rings (SSSR count). The van der Waals surface area contributed by atoms with Crippen LogP contribution in [0.2, 0.25) is 0 Å². The fourth-order valence-electron chi connectivity index (χ4n) is 2.04. The molecule has 130 valence electrons. The van der Waals surface area contributed by atoms with E-state index in [-0.39, 0.29) is 16.9 Å². The number of hydrogen-bond acceptors (Lipinski definition) is 4. The third-order valence-electron chi connectivity index (χ3n) is 3.15. The largest absolute Gasteiger partial charge is 0.324 e. The average molecular weight is 365 g/mol. The van der Waals surface area contributed by atoms with Gasteiger partial charge in [0.05, 0.1) is 23.6 Å². The zero-order chi connectivity index (χ0) is 18.6. The van der Waals surface area contributed by atoms with Crippen LogP contribution in [-0.2, 0) is 14.8 Å². The van der Waals surface area contributed by atoms with Crippen molar-refractivity contribution in [1.82, 2.24) is 0 Å². The molecule has 0 unspecified atom stereocenters. The maximum absolute atomic E-state index is 13.2. The number of benzene rings is 2. The first-order valence-corrected chi connectivity index (χ1v) is 8.78. The van der Waals surface area contributed by atoms with Crippen LogP contribution in [0.5, 0.6) is 0 Å². The van der Waals surface area contributed by atoms with E-state index >= 15 is 0 Å². The SMILES string of the molecule is CS(=O)(=O)N(CC(=O)Nc1ccc(F)c(F)c1)c1cccc(C#N)c1. The van der Waals surface area contributed by atoms with E-state index in [1.807, 2.05) is 6.07 Å². The number of nitrogens with one attached hydrogen (secondary N) is 1. The number of nitriles is 1. The van der Waals surface area contributed by atoms with E-state index in [0.717, 1.165) is 28.8 Å². The van der Waals surface area contributed by atoms with E-state index in [2.05, 4.69) is 5.32 Å². The number of hydrogen-bond donors (Lipinski definition) is 1. The first-order valence-electron chi connectivity index (χ1n) is 6.93. The summed E-state index contributed by atoms with van der Waals surface area (Å²) in [6, 6.07) is 10.4. The van der Waals surface area contributed by atoms with Crippen molar-refractivity contribution in [3.05, 3.63) is 59.7 Å². The molecule has 0 saturated carbocycles. The monoisotopic (exact) mass is 365 g/mol. The normalized spacial score (nSPS) is 10.8. The number of carbonyl (C=O) groups excluding carboxylic acids is 1. The van der Waals surface area contributed by atoms with Gasteiger partial charge in [-0.1, -0.05) is 6.07 Å². The molecule has 0 heterocycles. The summed E-state index contributed by atoms with van der Waals surface area (Å²) in [7, 11) is -3.82. The number of halogens is 2. The van der Waals surface area contributed by atoms with E-state index < -0.39 is 34.1 Å². The van der Waals surface area contributed by atoms with Gasteiger partial charge in [-0.3, -0.25) is 9.10 Å². The van der Waals surface area contributed by atoms with Crippen molar-refractivity contribution in [2.24, 2.45) is 0 Å². The van der Waals surface area contributed by atoms with Crippen LogP contribution in [0.1, 0.15) is 5.56 Å². The third kappa shape index (κ3) is 4.74. The van der Waals surface area contributed by atoms with Gasteiger partial charge in [-0.05, 0) is 30.3 Å². The average Bonchev–Trinajstić information content (AvgIpc) is 2.55. The maximum atomic E-state index is 13.2. The molecule has 0 fully saturated rings. The molecule has 0 aliphatic carbocycles. The van der Waals surface area contributed by atoms with E-state index in [4.69, 9.17) is 5.26 Å². The predicted octanol–water partition coefficient (Wildman–Crippen LogP) is 2.24. The number of sulfonamides is 1. The van der Waals surface area contributed by atoms with Crippen LogP contribution in [0.15, 0.2) is 42.5 Å². The number of rotatable bonds is 5.